The number of carbonyl (C=O) groups is 1. The summed E-state index contributed by atoms with van der Waals surface area (Å²) in [6.07, 6.45) is -0.643. The molecule has 146 valence electrons. The molecule has 1 aromatic rings. The van der Waals surface area contributed by atoms with Crippen molar-refractivity contribution in [1.29, 1.82) is 0 Å². The van der Waals surface area contributed by atoms with Crippen LogP contribution in [-0.2, 0) is 9.47 Å². The van der Waals surface area contributed by atoms with E-state index in [0.717, 1.165) is 0 Å². The van der Waals surface area contributed by atoms with Crippen molar-refractivity contribution >= 4 is 23.4 Å². The van der Waals surface area contributed by atoms with Gasteiger partial charge in [-0.05, 0) is 32.4 Å². The van der Waals surface area contributed by atoms with Gasteiger partial charge in [0.2, 0.25) is 5.69 Å². The lowest BCUT2D eigenvalue weighted by Gasteiger charge is -2.46. The molecule has 0 aromatic heterocycles. The third-order valence-electron chi connectivity index (χ3n) is 4.70. The Morgan fingerprint density at radius 3 is 2.78 bits per heavy atom. The van der Waals surface area contributed by atoms with E-state index in [2.05, 4.69) is 9.74 Å². The first-order chi connectivity index (χ1) is 12.7. The molecule has 27 heavy (non-hydrogen) atoms. The van der Waals surface area contributed by atoms with E-state index < -0.39 is 11.4 Å². The van der Waals surface area contributed by atoms with E-state index in [-0.39, 0.29) is 28.9 Å². The fraction of sp³-hybridized carbons (Fsp3) is 0.579. The molecule has 0 N–H and O–H groups in total. The number of carbonyl (C=O) groups excluding carboxylic acids is 1. The summed E-state index contributed by atoms with van der Waals surface area (Å²) in [5, 5.41) is 0.112. The van der Waals surface area contributed by atoms with Crippen LogP contribution in [0, 0.1) is 12.4 Å². The molecule has 2 aliphatic heterocycles. The van der Waals surface area contributed by atoms with Crippen LogP contribution in [0.4, 0.5) is 14.9 Å². The van der Waals surface area contributed by atoms with Crippen LogP contribution in [0.25, 0.3) is 4.85 Å². The summed E-state index contributed by atoms with van der Waals surface area (Å²) >= 11 is 6.23. The lowest BCUT2D eigenvalue weighted by atomic mass is 10.0. The third kappa shape index (κ3) is 4.34. The molecule has 2 aliphatic rings. The molecular formula is C19H23ClFN3O3. The van der Waals surface area contributed by atoms with Crippen molar-refractivity contribution < 1.29 is 18.7 Å². The Kier molecular flexibility index (Phi) is 5.61. The predicted molar refractivity (Wildman–Crippen MR) is 99.5 cm³/mol. The quantitative estimate of drug-likeness (QED) is 0.674. The number of rotatable bonds is 1. The Balaban J connectivity index is 1.67. The summed E-state index contributed by atoms with van der Waals surface area (Å²) in [5.74, 6) is -0.626. The molecule has 3 rings (SSSR count). The summed E-state index contributed by atoms with van der Waals surface area (Å²) in [7, 11) is 0. The highest BCUT2D eigenvalue weighted by Gasteiger charge is 2.37. The second-order valence-electron chi connectivity index (χ2n) is 7.81. The summed E-state index contributed by atoms with van der Waals surface area (Å²) < 4.78 is 25.1. The summed E-state index contributed by atoms with van der Waals surface area (Å²) in [4.78, 5) is 19.4. The first-order valence-corrected chi connectivity index (χ1v) is 9.26. The SMILES string of the molecule is [C-]#[N+]c1c(F)ccc([C@H]2CN3CCN(C(=O)OC(C)(C)C)C[C@H]3CO2)c1Cl. The smallest absolute Gasteiger partial charge is 0.410 e. The lowest BCUT2D eigenvalue weighted by molar-refractivity contribution is -0.0906. The number of amides is 1. The number of ether oxygens (including phenoxy) is 2. The zero-order valence-electron chi connectivity index (χ0n) is 15.7. The lowest BCUT2D eigenvalue weighted by Crippen LogP contribution is -2.60. The first kappa shape index (κ1) is 19.9. The van der Waals surface area contributed by atoms with Gasteiger partial charge in [0.1, 0.15) is 11.4 Å². The number of nitrogens with zero attached hydrogens (tertiary/aromatic N) is 3. The minimum atomic E-state index is -0.626. The minimum absolute atomic E-state index is 0.0714. The van der Waals surface area contributed by atoms with Crippen LogP contribution in [0.15, 0.2) is 12.1 Å². The van der Waals surface area contributed by atoms with E-state index in [0.29, 0.717) is 38.3 Å². The maximum atomic E-state index is 13.7. The van der Waals surface area contributed by atoms with E-state index >= 15 is 0 Å². The average molecular weight is 396 g/mol. The topological polar surface area (TPSA) is 46.4 Å². The van der Waals surface area contributed by atoms with E-state index in [9.17, 15) is 9.18 Å². The maximum absolute atomic E-state index is 13.7. The van der Waals surface area contributed by atoms with Crippen LogP contribution in [0.1, 0.15) is 32.4 Å². The molecule has 6 nitrogen and oxygen atoms in total. The highest BCUT2D eigenvalue weighted by Crippen LogP contribution is 2.38. The Labute approximate surface area is 163 Å². The normalized spacial score (nSPS) is 23.5. The molecule has 0 spiro atoms. The van der Waals surface area contributed by atoms with Gasteiger partial charge < -0.3 is 14.4 Å². The van der Waals surface area contributed by atoms with Crippen LogP contribution < -0.4 is 0 Å². The van der Waals surface area contributed by atoms with Gasteiger partial charge in [-0.1, -0.05) is 17.7 Å². The molecule has 0 aliphatic carbocycles. The second kappa shape index (κ2) is 7.63. The van der Waals surface area contributed by atoms with Crippen molar-refractivity contribution in [2.24, 2.45) is 0 Å². The Hall–Kier alpha value is -1.88. The van der Waals surface area contributed by atoms with Crippen molar-refractivity contribution in [2.75, 3.05) is 32.8 Å². The molecule has 2 atom stereocenters. The van der Waals surface area contributed by atoms with Crippen LogP contribution in [0.2, 0.25) is 5.02 Å². The minimum Gasteiger partial charge on any atom is -0.444 e. The number of piperazine rings is 1. The molecular weight excluding hydrogens is 373 g/mol. The van der Waals surface area contributed by atoms with Gasteiger partial charge in [-0.15, -0.1) is 0 Å². The molecule has 1 aromatic carbocycles. The van der Waals surface area contributed by atoms with Crippen molar-refractivity contribution in [1.82, 2.24) is 9.80 Å². The van der Waals surface area contributed by atoms with Gasteiger partial charge in [-0.3, -0.25) is 4.90 Å². The van der Waals surface area contributed by atoms with E-state index in [4.69, 9.17) is 27.6 Å². The van der Waals surface area contributed by atoms with Crippen molar-refractivity contribution in [3.8, 4) is 0 Å². The van der Waals surface area contributed by atoms with Gasteiger partial charge >= 0.3 is 6.09 Å². The summed E-state index contributed by atoms with van der Waals surface area (Å²) in [6.45, 7) is 15.4. The van der Waals surface area contributed by atoms with E-state index in [1.807, 2.05) is 20.8 Å². The predicted octanol–water partition coefficient (Wildman–Crippen LogP) is 4.02. The molecule has 2 heterocycles. The van der Waals surface area contributed by atoms with Crippen LogP contribution >= 0.6 is 11.6 Å². The molecule has 0 radical (unpaired) electrons. The fourth-order valence-electron chi connectivity index (χ4n) is 3.37. The van der Waals surface area contributed by atoms with Gasteiger partial charge in [-0.2, -0.15) is 0 Å². The van der Waals surface area contributed by atoms with Crippen LogP contribution in [-0.4, -0.2) is 60.3 Å². The molecule has 8 heteroatoms. The number of benzene rings is 1. The molecule has 1 amide bonds. The molecule has 2 saturated heterocycles. The third-order valence-corrected chi connectivity index (χ3v) is 5.10. The largest absolute Gasteiger partial charge is 0.444 e. The Morgan fingerprint density at radius 2 is 2.11 bits per heavy atom. The standard InChI is InChI=1S/C19H23ClFN3O3/c1-19(2,3)27-18(25)24-8-7-23-10-15(26-11-12(23)9-24)13-5-6-14(21)17(22-4)16(13)20/h5-6,12,15H,7-11H2,1-3H3/t12-,15+/m0/s1. The average Bonchev–Trinajstić information content (AvgIpc) is 2.60. The molecule has 0 saturated carbocycles. The van der Waals surface area contributed by atoms with Crippen LogP contribution in [0.5, 0.6) is 0 Å². The fourth-order valence-corrected chi connectivity index (χ4v) is 3.69. The number of halogens is 2. The van der Waals surface area contributed by atoms with Gasteiger partial charge in [0.25, 0.3) is 0 Å². The van der Waals surface area contributed by atoms with E-state index in [1.165, 1.54) is 6.07 Å². The van der Waals surface area contributed by atoms with Gasteiger partial charge in [0, 0.05) is 26.2 Å². The van der Waals surface area contributed by atoms with Gasteiger partial charge in [-0.25, -0.2) is 14.0 Å². The maximum Gasteiger partial charge on any atom is 0.410 e. The Bertz CT molecular complexity index is 775. The summed E-state index contributed by atoms with van der Waals surface area (Å²) in [6, 6.07) is 2.90. The Morgan fingerprint density at radius 1 is 1.37 bits per heavy atom. The number of hydrogen-bond acceptors (Lipinski definition) is 4. The van der Waals surface area contributed by atoms with Gasteiger partial charge in [0.15, 0.2) is 0 Å². The van der Waals surface area contributed by atoms with Crippen molar-refractivity contribution in [3.05, 3.63) is 40.0 Å². The highest BCUT2D eigenvalue weighted by molar-refractivity contribution is 6.34. The zero-order chi connectivity index (χ0) is 19.8. The van der Waals surface area contributed by atoms with E-state index in [1.54, 1.807) is 11.0 Å². The van der Waals surface area contributed by atoms with Crippen molar-refractivity contribution in [3.63, 3.8) is 0 Å². The summed E-state index contributed by atoms with van der Waals surface area (Å²) in [5.41, 5.74) is -0.0748. The van der Waals surface area contributed by atoms with Crippen molar-refractivity contribution in [2.45, 2.75) is 38.5 Å². The molecule has 2 fully saturated rings. The second-order valence-corrected chi connectivity index (χ2v) is 8.19. The van der Waals surface area contributed by atoms with Crippen LogP contribution in [0.3, 0.4) is 0 Å². The number of fused-ring (bicyclic) bond motifs is 1. The zero-order valence-corrected chi connectivity index (χ0v) is 16.4. The number of hydrogen-bond donors (Lipinski definition) is 0. The molecule has 0 bridgehead atoms. The highest BCUT2D eigenvalue weighted by atomic mass is 35.5. The monoisotopic (exact) mass is 395 g/mol. The molecule has 0 unspecified atom stereocenters. The first-order valence-electron chi connectivity index (χ1n) is 8.88. The van der Waals surface area contributed by atoms with Gasteiger partial charge in [0.05, 0.1) is 30.3 Å². The number of morpholine rings is 1.